The van der Waals surface area contributed by atoms with E-state index in [1.54, 1.807) is 31.2 Å². The fourth-order valence-electron chi connectivity index (χ4n) is 1.89. The molecule has 0 atom stereocenters. The zero-order valence-corrected chi connectivity index (χ0v) is 11.1. The molecule has 20 heavy (non-hydrogen) atoms. The van der Waals surface area contributed by atoms with Gasteiger partial charge in [0.1, 0.15) is 5.56 Å². The number of aromatic hydroxyl groups is 1. The lowest BCUT2D eigenvalue weighted by Crippen LogP contribution is -2.33. The predicted molar refractivity (Wildman–Crippen MR) is 73.7 cm³/mol. The molecule has 0 aliphatic carbocycles. The zero-order chi connectivity index (χ0) is 14.9. The minimum atomic E-state index is -0.872. The summed E-state index contributed by atoms with van der Waals surface area (Å²) in [5, 5.41) is 10.1. The summed E-state index contributed by atoms with van der Waals surface area (Å²) in [6.07, 6.45) is 0.0583. The van der Waals surface area contributed by atoms with E-state index in [0.29, 0.717) is 5.69 Å². The number of carbonyl (C=O) groups is 1. The second-order valence-corrected chi connectivity index (χ2v) is 4.41. The lowest BCUT2D eigenvalue weighted by atomic mass is 10.1. The molecule has 104 valence electrons. The fraction of sp³-hybridized carbons (Fsp3) is 0.214. The minimum Gasteiger partial charge on any atom is -0.493 e. The molecule has 0 saturated carbocycles. The van der Waals surface area contributed by atoms with E-state index in [9.17, 15) is 19.5 Å². The van der Waals surface area contributed by atoms with Gasteiger partial charge in [-0.05, 0) is 19.1 Å². The predicted octanol–water partition coefficient (Wildman–Crippen LogP) is 1.13. The van der Waals surface area contributed by atoms with E-state index >= 15 is 0 Å². The third-order valence-corrected chi connectivity index (χ3v) is 2.98. The highest BCUT2D eigenvalue weighted by Crippen LogP contribution is 2.17. The Morgan fingerprint density at radius 2 is 1.85 bits per heavy atom. The van der Waals surface area contributed by atoms with Gasteiger partial charge in [-0.1, -0.05) is 24.6 Å². The zero-order valence-electron chi connectivity index (χ0n) is 11.1. The number of nitrogens with one attached hydrogen (secondary N) is 1. The molecule has 1 heterocycles. The Bertz CT molecular complexity index is 769. The van der Waals surface area contributed by atoms with Crippen molar-refractivity contribution in [3.8, 4) is 11.6 Å². The molecule has 0 aliphatic rings. The van der Waals surface area contributed by atoms with E-state index in [4.69, 9.17) is 0 Å². The minimum absolute atomic E-state index is 0.0583. The molecule has 0 aliphatic heterocycles. The number of hydrogen-bond donors (Lipinski definition) is 2. The molecule has 0 unspecified atom stereocenters. The van der Waals surface area contributed by atoms with Crippen molar-refractivity contribution >= 4 is 5.78 Å². The van der Waals surface area contributed by atoms with E-state index in [1.165, 1.54) is 0 Å². The molecule has 0 bridgehead atoms. The van der Waals surface area contributed by atoms with E-state index in [0.717, 1.165) is 10.1 Å². The number of Topliss-reactive ketones (excluding diaryl/α,β-unsaturated/α-hetero) is 1. The number of rotatable bonds is 3. The van der Waals surface area contributed by atoms with Crippen molar-refractivity contribution < 1.29 is 9.90 Å². The Kier molecular flexibility index (Phi) is 3.56. The van der Waals surface area contributed by atoms with Crippen molar-refractivity contribution in [1.82, 2.24) is 9.55 Å². The molecule has 2 aromatic rings. The van der Waals surface area contributed by atoms with Gasteiger partial charge in [-0.15, -0.1) is 0 Å². The summed E-state index contributed by atoms with van der Waals surface area (Å²) >= 11 is 0. The number of ketones is 1. The fourth-order valence-corrected chi connectivity index (χ4v) is 1.89. The molecule has 0 amide bonds. The molecule has 2 rings (SSSR count). The lowest BCUT2D eigenvalue weighted by molar-refractivity contribution is 0.0982. The highest BCUT2D eigenvalue weighted by atomic mass is 16.3. The van der Waals surface area contributed by atoms with Crippen LogP contribution in [0.25, 0.3) is 5.69 Å². The molecule has 1 aromatic heterocycles. The monoisotopic (exact) mass is 274 g/mol. The molecule has 0 fully saturated rings. The SMILES string of the molecule is CCC(=O)c1c(O)n(-c2ccc(C)cc2)c(=O)[nH]c1=O. The van der Waals surface area contributed by atoms with Gasteiger partial charge in [-0.2, -0.15) is 0 Å². The van der Waals surface area contributed by atoms with Gasteiger partial charge in [-0.3, -0.25) is 14.6 Å². The van der Waals surface area contributed by atoms with Gasteiger partial charge in [0.25, 0.3) is 5.56 Å². The number of aryl methyl sites for hydroxylation is 1. The van der Waals surface area contributed by atoms with Crippen LogP contribution in [-0.4, -0.2) is 20.4 Å². The summed E-state index contributed by atoms with van der Waals surface area (Å²) in [5.74, 6) is -1.15. The van der Waals surface area contributed by atoms with Crippen LogP contribution < -0.4 is 11.2 Å². The van der Waals surface area contributed by atoms with Crippen LogP contribution in [0.2, 0.25) is 0 Å². The second-order valence-electron chi connectivity index (χ2n) is 4.41. The molecule has 2 N–H and O–H groups in total. The number of benzene rings is 1. The summed E-state index contributed by atoms with van der Waals surface area (Å²) in [6, 6.07) is 6.76. The topological polar surface area (TPSA) is 92.2 Å². The van der Waals surface area contributed by atoms with E-state index in [2.05, 4.69) is 0 Å². The molecular weight excluding hydrogens is 260 g/mol. The lowest BCUT2D eigenvalue weighted by Gasteiger charge is -2.10. The Morgan fingerprint density at radius 3 is 2.40 bits per heavy atom. The Balaban J connectivity index is 2.77. The van der Waals surface area contributed by atoms with Crippen LogP contribution in [0.3, 0.4) is 0 Å². The first-order valence-electron chi connectivity index (χ1n) is 6.14. The van der Waals surface area contributed by atoms with Crippen LogP contribution >= 0.6 is 0 Å². The van der Waals surface area contributed by atoms with Gasteiger partial charge >= 0.3 is 5.69 Å². The van der Waals surface area contributed by atoms with E-state index in [1.807, 2.05) is 11.9 Å². The summed E-state index contributed by atoms with van der Waals surface area (Å²) in [6.45, 7) is 3.45. The summed E-state index contributed by atoms with van der Waals surface area (Å²) < 4.78 is 0.906. The number of H-pyrrole nitrogens is 1. The quantitative estimate of drug-likeness (QED) is 0.821. The second kappa shape index (κ2) is 5.16. The highest BCUT2D eigenvalue weighted by molar-refractivity contribution is 5.97. The summed E-state index contributed by atoms with van der Waals surface area (Å²) in [5.41, 5.74) is -0.700. The van der Waals surface area contributed by atoms with Crippen LogP contribution in [0.5, 0.6) is 5.88 Å². The molecule has 0 saturated heterocycles. The molecule has 1 aromatic carbocycles. The van der Waals surface area contributed by atoms with Crippen LogP contribution in [0.15, 0.2) is 33.9 Å². The highest BCUT2D eigenvalue weighted by Gasteiger charge is 2.20. The van der Waals surface area contributed by atoms with Crippen LogP contribution in [0, 0.1) is 6.92 Å². The van der Waals surface area contributed by atoms with Gasteiger partial charge in [0.2, 0.25) is 5.88 Å². The number of nitrogens with zero attached hydrogens (tertiary/aromatic N) is 1. The maximum Gasteiger partial charge on any atom is 0.335 e. The molecule has 6 nitrogen and oxygen atoms in total. The van der Waals surface area contributed by atoms with Crippen molar-refractivity contribution in [3.05, 3.63) is 56.2 Å². The molecule has 0 spiro atoms. The Morgan fingerprint density at radius 1 is 1.25 bits per heavy atom. The number of aromatic nitrogens is 2. The van der Waals surface area contributed by atoms with Gasteiger partial charge < -0.3 is 5.11 Å². The first-order valence-corrected chi connectivity index (χ1v) is 6.14. The Labute approximate surface area is 114 Å². The van der Waals surface area contributed by atoms with Gasteiger partial charge in [-0.25, -0.2) is 9.36 Å². The Hall–Kier alpha value is -2.63. The number of hydrogen-bond acceptors (Lipinski definition) is 4. The average molecular weight is 274 g/mol. The van der Waals surface area contributed by atoms with Crippen molar-refractivity contribution in [3.63, 3.8) is 0 Å². The third kappa shape index (κ3) is 2.27. The maximum absolute atomic E-state index is 11.8. The molecule has 0 radical (unpaired) electrons. The van der Waals surface area contributed by atoms with Gasteiger partial charge in [0, 0.05) is 6.42 Å². The average Bonchev–Trinajstić information content (AvgIpc) is 2.40. The maximum atomic E-state index is 11.8. The summed E-state index contributed by atoms with van der Waals surface area (Å²) in [7, 11) is 0. The van der Waals surface area contributed by atoms with Crippen molar-refractivity contribution in [2.45, 2.75) is 20.3 Å². The smallest absolute Gasteiger partial charge is 0.335 e. The first-order chi connectivity index (χ1) is 9.45. The normalized spacial score (nSPS) is 10.5. The van der Waals surface area contributed by atoms with Crippen LogP contribution in [0.1, 0.15) is 29.3 Å². The van der Waals surface area contributed by atoms with Crippen molar-refractivity contribution in [2.75, 3.05) is 0 Å². The molecule has 6 heteroatoms. The van der Waals surface area contributed by atoms with E-state index < -0.39 is 28.5 Å². The third-order valence-electron chi connectivity index (χ3n) is 2.98. The van der Waals surface area contributed by atoms with Crippen molar-refractivity contribution in [2.24, 2.45) is 0 Å². The van der Waals surface area contributed by atoms with Crippen molar-refractivity contribution in [1.29, 1.82) is 0 Å². The van der Waals surface area contributed by atoms with Gasteiger partial charge in [0.15, 0.2) is 5.78 Å². The number of aromatic amines is 1. The van der Waals surface area contributed by atoms with Gasteiger partial charge in [0.05, 0.1) is 5.69 Å². The summed E-state index contributed by atoms with van der Waals surface area (Å²) in [4.78, 5) is 37.3. The van der Waals surface area contributed by atoms with Crippen LogP contribution in [-0.2, 0) is 0 Å². The largest absolute Gasteiger partial charge is 0.493 e. The van der Waals surface area contributed by atoms with Crippen LogP contribution in [0.4, 0.5) is 0 Å². The standard InChI is InChI=1S/C14H14N2O4/c1-3-10(17)11-12(18)15-14(20)16(13(11)19)9-6-4-8(2)5-7-9/h4-7,19H,3H2,1-2H3,(H,15,18,20). The van der Waals surface area contributed by atoms with E-state index in [-0.39, 0.29) is 6.42 Å². The molecular formula is C14H14N2O4. The first kappa shape index (κ1) is 13.8. The number of carbonyl (C=O) groups excluding carboxylic acids is 1.